The minimum Gasteiger partial charge on any atom is -0.480 e. The number of nitrogens with zero attached hydrogens (tertiary/aromatic N) is 2. The van der Waals surface area contributed by atoms with E-state index in [0.29, 0.717) is 5.56 Å². The lowest BCUT2D eigenvalue weighted by Gasteiger charge is -2.04. The average molecular weight is 255 g/mol. The van der Waals surface area contributed by atoms with Crippen molar-refractivity contribution in [2.75, 3.05) is 5.73 Å². The molecule has 1 aromatic heterocycles. The predicted molar refractivity (Wildman–Crippen MR) is 60.3 cm³/mol. The molecule has 1 aromatic rings. The van der Waals surface area contributed by atoms with Gasteiger partial charge >= 0.3 is 5.97 Å². The van der Waals surface area contributed by atoms with Gasteiger partial charge in [0.2, 0.25) is 5.95 Å². The van der Waals surface area contributed by atoms with Crippen molar-refractivity contribution in [1.82, 2.24) is 9.97 Å². The molecule has 0 saturated carbocycles. The topological polar surface area (TPSA) is 115 Å². The number of hydrogen-bond donors (Lipinski definition) is 3. The number of aliphatic carboxylic acids is 1. The van der Waals surface area contributed by atoms with Crippen LogP contribution in [0.2, 0.25) is 0 Å². The van der Waals surface area contributed by atoms with Gasteiger partial charge in [0.15, 0.2) is 0 Å². The highest BCUT2D eigenvalue weighted by molar-refractivity contribution is 5.85. The third kappa shape index (κ3) is 5.36. The molecule has 0 fully saturated rings. The molecule has 5 N–H and O–H groups in total. The summed E-state index contributed by atoms with van der Waals surface area (Å²) in [6.07, 6.45) is 3.13. The molecule has 1 atom stereocenters. The van der Waals surface area contributed by atoms with Gasteiger partial charge in [0.05, 0.1) is 0 Å². The molecule has 0 spiro atoms. The molecule has 86 valence electrons. The number of hydrogen-bond acceptors (Lipinski definition) is 5. The van der Waals surface area contributed by atoms with E-state index in [1.807, 2.05) is 0 Å². The van der Waals surface area contributed by atoms with Gasteiger partial charge in [-0.3, -0.25) is 4.79 Å². The SMILES string of the molecule is Cl.Cl.Nc1ncc(CC(N)C(=O)O)cn1. The lowest BCUT2D eigenvalue weighted by Crippen LogP contribution is -2.32. The normalized spacial score (nSPS) is 10.7. The van der Waals surface area contributed by atoms with Crippen LogP contribution in [0.5, 0.6) is 0 Å². The highest BCUT2D eigenvalue weighted by Crippen LogP contribution is 2.00. The fraction of sp³-hybridized carbons (Fsp3) is 0.286. The van der Waals surface area contributed by atoms with E-state index >= 15 is 0 Å². The van der Waals surface area contributed by atoms with Gasteiger partial charge < -0.3 is 16.6 Å². The van der Waals surface area contributed by atoms with E-state index in [0.717, 1.165) is 0 Å². The molecule has 1 rings (SSSR count). The number of rotatable bonds is 3. The van der Waals surface area contributed by atoms with Crippen molar-refractivity contribution >= 4 is 36.7 Å². The van der Waals surface area contributed by atoms with Crippen LogP contribution in [0, 0.1) is 0 Å². The zero-order chi connectivity index (χ0) is 9.84. The largest absolute Gasteiger partial charge is 0.480 e. The van der Waals surface area contributed by atoms with Crippen molar-refractivity contribution in [3.8, 4) is 0 Å². The summed E-state index contributed by atoms with van der Waals surface area (Å²) in [7, 11) is 0. The molecule has 0 aliphatic heterocycles. The molecule has 0 bridgehead atoms. The van der Waals surface area contributed by atoms with E-state index in [4.69, 9.17) is 16.6 Å². The molecule has 0 amide bonds. The van der Waals surface area contributed by atoms with Gasteiger partial charge in [0.1, 0.15) is 6.04 Å². The Morgan fingerprint density at radius 3 is 2.27 bits per heavy atom. The number of nitrogens with two attached hydrogens (primary N) is 2. The number of aromatic nitrogens is 2. The number of carbonyl (C=O) groups is 1. The Morgan fingerprint density at radius 1 is 1.40 bits per heavy atom. The first-order chi connectivity index (χ1) is 6.09. The van der Waals surface area contributed by atoms with E-state index in [2.05, 4.69) is 9.97 Å². The monoisotopic (exact) mass is 254 g/mol. The van der Waals surface area contributed by atoms with Crippen molar-refractivity contribution < 1.29 is 9.90 Å². The molecule has 15 heavy (non-hydrogen) atoms. The van der Waals surface area contributed by atoms with Gasteiger partial charge in [-0.2, -0.15) is 0 Å². The van der Waals surface area contributed by atoms with Crippen molar-refractivity contribution in [2.24, 2.45) is 5.73 Å². The van der Waals surface area contributed by atoms with E-state index < -0.39 is 12.0 Å². The van der Waals surface area contributed by atoms with Crippen LogP contribution in [0.25, 0.3) is 0 Å². The second kappa shape index (κ2) is 7.22. The van der Waals surface area contributed by atoms with Crippen LogP contribution < -0.4 is 11.5 Å². The smallest absolute Gasteiger partial charge is 0.320 e. The predicted octanol–water partition coefficient (Wildman–Crippen LogP) is -0.143. The maximum absolute atomic E-state index is 10.4. The van der Waals surface area contributed by atoms with Gasteiger partial charge in [0.25, 0.3) is 0 Å². The molecule has 8 heteroatoms. The summed E-state index contributed by atoms with van der Waals surface area (Å²) in [6, 6.07) is -0.924. The highest BCUT2D eigenvalue weighted by atomic mass is 35.5. The summed E-state index contributed by atoms with van der Waals surface area (Å²) in [5.74, 6) is -0.885. The molecular weight excluding hydrogens is 243 g/mol. The van der Waals surface area contributed by atoms with Crippen LogP contribution in [-0.4, -0.2) is 27.1 Å². The van der Waals surface area contributed by atoms with Gasteiger partial charge in [-0.1, -0.05) is 0 Å². The van der Waals surface area contributed by atoms with Crippen molar-refractivity contribution in [3.05, 3.63) is 18.0 Å². The summed E-state index contributed by atoms with van der Waals surface area (Å²) in [5, 5.41) is 8.51. The summed E-state index contributed by atoms with van der Waals surface area (Å²) in [6.45, 7) is 0. The van der Waals surface area contributed by atoms with E-state index in [9.17, 15) is 4.79 Å². The third-order valence-electron chi connectivity index (χ3n) is 1.50. The molecule has 1 unspecified atom stereocenters. The Kier molecular flexibility index (Phi) is 7.85. The Morgan fingerprint density at radius 2 is 1.87 bits per heavy atom. The Bertz CT molecular complexity index is 306. The Balaban J connectivity index is 0. The minimum absolute atomic E-state index is 0. The van der Waals surface area contributed by atoms with Gasteiger partial charge in [-0.05, 0) is 5.56 Å². The highest BCUT2D eigenvalue weighted by Gasteiger charge is 2.12. The molecule has 0 saturated heterocycles. The Hall–Kier alpha value is -1.11. The Labute approximate surface area is 98.9 Å². The molecule has 1 heterocycles. The van der Waals surface area contributed by atoms with Crippen LogP contribution >= 0.6 is 24.8 Å². The average Bonchev–Trinajstić information content (AvgIpc) is 2.08. The number of carboxylic acid groups (broad SMARTS) is 1. The molecule has 0 aliphatic carbocycles. The molecule has 0 aliphatic rings. The lowest BCUT2D eigenvalue weighted by atomic mass is 10.1. The van der Waals surface area contributed by atoms with Crippen molar-refractivity contribution in [3.63, 3.8) is 0 Å². The first-order valence-corrected chi connectivity index (χ1v) is 3.64. The minimum atomic E-state index is -1.04. The van der Waals surface area contributed by atoms with Crippen LogP contribution in [0.15, 0.2) is 12.4 Å². The van der Waals surface area contributed by atoms with Crippen LogP contribution in [0.1, 0.15) is 5.56 Å². The number of nitrogen functional groups attached to an aromatic ring is 1. The molecule has 0 aromatic carbocycles. The van der Waals surface area contributed by atoms with Gasteiger partial charge in [-0.25, -0.2) is 9.97 Å². The fourth-order valence-corrected chi connectivity index (χ4v) is 0.811. The van der Waals surface area contributed by atoms with Crippen molar-refractivity contribution in [2.45, 2.75) is 12.5 Å². The zero-order valence-corrected chi connectivity index (χ0v) is 9.29. The first kappa shape index (κ1) is 16.3. The standard InChI is InChI=1S/C7H10N4O2.2ClH/c8-5(6(12)13)1-4-2-10-7(9)11-3-4;;/h2-3,5H,1,8H2,(H,12,13)(H2,9,10,11);2*1H. The number of carboxylic acids is 1. The van der Waals surface area contributed by atoms with E-state index in [1.54, 1.807) is 0 Å². The summed E-state index contributed by atoms with van der Waals surface area (Å²) < 4.78 is 0. The lowest BCUT2D eigenvalue weighted by molar-refractivity contribution is -0.138. The number of halogens is 2. The maximum Gasteiger partial charge on any atom is 0.320 e. The molecule has 6 nitrogen and oxygen atoms in total. The molecular formula is C7H12Cl2N4O2. The van der Waals surface area contributed by atoms with Crippen molar-refractivity contribution in [1.29, 1.82) is 0 Å². The van der Waals surface area contributed by atoms with Crippen LogP contribution in [0.4, 0.5) is 5.95 Å². The summed E-state index contributed by atoms with van der Waals surface area (Å²) in [5.41, 5.74) is 11.2. The van der Waals surface area contributed by atoms with Crippen LogP contribution in [-0.2, 0) is 11.2 Å². The molecule has 0 radical (unpaired) electrons. The maximum atomic E-state index is 10.4. The summed E-state index contributed by atoms with van der Waals surface area (Å²) >= 11 is 0. The van der Waals surface area contributed by atoms with Crippen LogP contribution in [0.3, 0.4) is 0 Å². The fourth-order valence-electron chi connectivity index (χ4n) is 0.811. The van der Waals surface area contributed by atoms with Gasteiger partial charge in [0, 0.05) is 18.8 Å². The van der Waals surface area contributed by atoms with Gasteiger partial charge in [-0.15, -0.1) is 24.8 Å². The zero-order valence-electron chi connectivity index (χ0n) is 7.66. The first-order valence-electron chi connectivity index (χ1n) is 3.64. The quantitative estimate of drug-likeness (QED) is 0.692. The van der Waals surface area contributed by atoms with E-state index in [1.165, 1.54) is 12.4 Å². The summed E-state index contributed by atoms with van der Waals surface area (Å²) in [4.78, 5) is 17.8. The number of anilines is 1. The second-order valence-electron chi connectivity index (χ2n) is 2.60. The second-order valence-corrected chi connectivity index (χ2v) is 2.60. The third-order valence-corrected chi connectivity index (χ3v) is 1.50. The van der Waals surface area contributed by atoms with E-state index in [-0.39, 0.29) is 37.2 Å².